The molecular weight excluding hydrogens is 388 g/mol. The van der Waals surface area contributed by atoms with Gasteiger partial charge in [-0.2, -0.15) is 0 Å². The van der Waals surface area contributed by atoms with Crippen molar-refractivity contribution in [2.24, 2.45) is 7.05 Å². The fraction of sp³-hybridized carbons (Fsp3) is 0.588. The first kappa shape index (κ1) is 19.9. The lowest BCUT2D eigenvalue weighted by atomic mass is 10.2. The zero-order valence-corrected chi connectivity index (χ0v) is 17.3. The van der Waals surface area contributed by atoms with E-state index in [4.69, 9.17) is 4.42 Å². The Morgan fingerprint density at radius 2 is 2.22 bits per heavy atom. The Hall–Kier alpha value is -1.81. The number of hydrogen-bond acceptors (Lipinski definition) is 7. The fourth-order valence-corrected chi connectivity index (χ4v) is 5.80. The van der Waals surface area contributed by atoms with Gasteiger partial charge in [0.25, 0.3) is 0 Å². The summed E-state index contributed by atoms with van der Waals surface area (Å²) < 4.78 is 30.7. The van der Waals surface area contributed by atoms with Crippen LogP contribution < -0.4 is 0 Å². The summed E-state index contributed by atoms with van der Waals surface area (Å²) in [5.41, 5.74) is 0.868. The van der Waals surface area contributed by atoms with Crippen LogP contribution in [0.3, 0.4) is 0 Å². The van der Waals surface area contributed by atoms with E-state index < -0.39 is 9.84 Å². The Balaban J connectivity index is 1.67. The van der Waals surface area contributed by atoms with E-state index in [0.717, 1.165) is 17.7 Å². The monoisotopic (exact) mass is 412 g/mol. The Kier molecular flexibility index (Phi) is 5.95. The highest BCUT2D eigenvalue weighted by atomic mass is 32.2. The summed E-state index contributed by atoms with van der Waals surface area (Å²) in [6.07, 6.45) is 2.92. The molecule has 27 heavy (non-hydrogen) atoms. The molecule has 1 atom stereocenters. The SMILES string of the molecule is CCCN(C(=O)CSc1nnc(-c2ccoc2C)n1C)[C@@H]1CCS(=O)(=O)C1. The number of aromatic nitrogens is 3. The van der Waals surface area contributed by atoms with Gasteiger partial charge in [0.05, 0.1) is 29.1 Å². The second-order valence-electron chi connectivity index (χ2n) is 6.69. The molecule has 2 aromatic heterocycles. The van der Waals surface area contributed by atoms with Gasteiger partial charge in [0, 0.05) is 19.6 Å². The van der Waals surface area contributed by atoms with Crippen LogP contribution in [0.25, 0.3) is 11.4 Å². The number of hydrogen-bond donors (Lipinski definition) is 0. The van der Waals surface area contributed by atoms with E-state index in [0.29, 0.717) is 23.9 Å². The predicted octanol–water partition coefficient (Wildman–Crippen LogP) is 1.90. The van der Waals surface area contributed by atoms with E-state index in [1.54, 1.807) is 11.2 Å². The van der Waals surface area contributed by atoms with Crippen LogP contribution in [-0.2, 0) is 21.7 Å². The molecule has 0 aliphatic carbocycles. The van der Waals surface area contributed by atoms with Crippen molar-refractivity contribution in [3.05, 3.63) is 18.1 Å². The maximum atomic E-state index is 12.7. The molecule has 3 rings (SSSR count). The molecule has 0 bridgehead atoms. The summed E-state index contributed by atoms with van der Waals surface area (Å²) in [7, 11) is -1.18. The lowest BCUT2D eigenvalue weighted by molar-refractivity contribution is -0.130. The quantitative estimate of drug-likeness (QED) is 0.641. The Morgan fingerprint density at radius 1 is 1.44 bits per heavy atom. The highest BCUT2D eigenvalue weighted by Crippen LogP contribution is 2.26. The third-order valence-corrected chi connectivity index (χ3v) is 7.45. The second-order valence-corrected chi connectivity index (χ2v) is 9.86. The third-order valence-electron chi connectivity index (χ3n) is 4.69. The minimum Gasteiger partial charge on any atom is -0.469 e. The highest BCUT2D eigenvalue weighted by Gasteiger charge is 2.34. The van der Waals surface area contributed by atoms with Crippen LogP contribution >= 0.6 is 11.8 Å². The molecule has 1 saturated heterocycles. The van der Waals surface area contributed by atoms with Gasteiger partial charge in [-0.25, -0.2) is 8.42 Å². The van der Waals surface area contributed by atoms with Crippen molar-refractivity contribution in [1.29, 1.82) is 0 Å². The average Bonchev–Trinajstić information content (AvgIpc) is 3.29. The molecule has 1 aliphatic heterocycles. The number of rotatable bonds is 7. The number of amides is 1. The van der Waals surface area contributed by atoms with Crippen LogP contribution in [0.2, 0.25) is 0 Å². The van der Waals surface area contributed by atoms with Crippen molar-refractivity contribution in [3.63, 3.8) is 0 Å². The smallest absolute Gasteiger partial charge is 0.233 e. The Labute approximate surface area is 163 Å². The molecule has 0 radical (unpaired) electrons. The summed E-state index contributed by atoms with van der Waals surface area (Å²) in [6, 6.07) is 1.62. The van der Waals surface area contributed by atoms with Crippen LogP contribution in [0.5, 0.6) is 0 Å². The largest absolute Gasteiger partial charge is 0.469 e. The van der Waals surface area contributed by atoms with Gasteiger partial charge in [0.2, 0.25) is 5.91 Å². The van der Waals surface area contributed by atoms with Gasteiger partial charge < -0.3 is 13.9 Å². The molecule has 3 heterocycles. The standard InChI is InChI=1S/C17H24N4O4S2/c1-4-7-21(13-6-9-27(23,24)11-13)15(22)10-26-17-19-18-16(20(17)3)14-5-8-25-12(14)2/h5,8,13H,4,6-7,9-11H2,1-3H3/t13-/m1/s1. The minimum atomic E-state index is -3.03. The number of carbonyl (C=O) groups excluding carboxylic acids is 1. The zero-order valence-electron chi connectivity index (χ0n) is 15.7. The molecule has 2 aromatic rings. The fourth-order valence-electron chi connectivity index (χ4n) is 3.27. The number of carbonyl (C=O) groups is 1. The van der Waals surface area contributed by atoms with Gasteiger partial charge in [-0.15, -0.1) is 10.2 Å². The molecular formula is C17H24N4O4S2. The van der Waals surface area contributed by atoms with Gasteiger partial charge in [-0.1, -0.05) is 18.7 Å². The molecule has 1 amide bonds. The van der Waals surface area contributed by atoms with Crippen LogP contribution in [0, 0.1) is 6.92 Å². The maximum absolute atomic E-state index is 12.7. The zero-order chi connectivity index (χ0) is 19.6. The van der Waals surface area contributed by atoms with Crippen LogP contribution in [0.4, 0.5) is 0 Å². The minimum absolute atomic E-state index is 0.0620. The van der Waals surface area contributed by atoms with Crippen molar-refractivity contribution in [2.45, 2.75) is 37.9 Å². The number of furan rings is 1. The molecule has 1 aliphatic rings. The lowest BCUT2D eigenvalue weighted by Crippen LogP contribution is -2.42. The first-order chi connectivity index (χ1) is 12.8. The van der Waals surface area contributed by atoms with Crippen LogP contribution in [0.15, 0.2) is 21.9 Å². The van der Waals surface area contributed by atoms with E-state index in [1.165, 1.54) is 11.8 Å². The molecule has 8 nitrogen and oxygen atoms in total. The summed E-state index contributed by atoms with van der Waals surface area (Å²) in [5, 5.41) is 9.01. The molecule has 10 heteroatoms. The van der Waals surface area contributed by atoms with Crippen molar-refractivity contribution in [2.75, 3.05) is 23.8 Å². The topological polar surface area (TPSA) is 98.3 Å². The molecule has 0 spiro atoms. The van der Waals surface area contributed by atoms with Gasteiger partial charge in [-0.3, -0.25) is 4.79 Å². The molecule has 1 fully saturated rings. The van der Waals surface area contributed by atoms with Crippen molar-refractivity contribution in [3.8, 4) is 11.4 Å². The van der Waals surface area contributed by atoms with E-state index in [-0.39, 0.29) is 29.2 Å². The predicted molar refractivity (Wildman–Crippen MR) is 103 cm³/mol. The van der Waals surface area contributed by atoms with E-state index >= 15 is 0 Å². The summed E-state index contributed by atoms with van der Waals surface area (Å²) >= 11 is 1.31. The van der Waals surface area contributed by atoms with Gasteiger partial charge >= 0.3 is 0 Å². The van der Waals surface area contributed by atoms with Gasteiger partial charge in [-0.05, 0) is 25.8 Å². The molecule has 0 unspecified atom stereocenters. The van der Waals surface area contributed by atoms with Crippen molar-refractivity contribution in [1.82, 2.24) is 19.7 Å². The number of sulfone groups is 1. The van der Waals surface area contributed by atoms with Crippen molar-refractivity contribution >= 4 is 27.5 Å². The summed E-state index contributed by atoms with van der Waals surface area (Å²) in [4.78, 5) is 14.5. The average molecular weight is 413 g/mol. The van der Waals surface area contributed by atoms with E-state index in [1.807, 2.05) is 31.5 Å². The van der Waals surface area contributed by atoms with Crippen molar-refractivity contribution < 1.29 is 17.6 Å². The van der Waals surface area contributed by atoms with Crippen LogP contribution in [-0.4, -0.2) is 63.8 Å². The first-order valence-electron chi connectivity index (χ1n) is 8.89. The van der Waals surface area contributed by atoms with Gasteiger partial charge in [0.15, 0.2) is 20.8 Å². The number of aryl methyl sites for hydroxylation is 1. The molecule has 0 saturated carbocycles. The Morgan fingerprint density at radius 3 is 2.81 bits per heavy atom. The van der Waals surface area contributed by atoms with Gasteiger partial charge in [0.1, 0.15) is 5.76 Å². The molecule has 148 valence electrons. The van der Waals surface area contributed by atoms with E-state index in [9.17, 15) is 13.2 Å². The number of nitrogens with zero attached hydrogens (tertiary/aromatic N) is 4. The first-order valence-corrected chi connectivity index (χ1v) is 11.7. The second kappa shape index (κ2) is 8.05. The molecule has 0 N–H and O–H groups in total. The number of thioether (sulfide) groups is 1. The lowest BCUT2D eigenvalue weighted by Gasteiger charge is -2.27. The Bertz CT molecular complexity index is 919. The third kappa shape index (κ3) is 4.37. The molecule has 0 aromatic carbocycles. The van der Waals surface area contributed by atoms with E-state index in [2.05, 4.69) is 10.2 Å². The maximum Gasteiger partial charge on any atom is 0.233 e. The summed E-state index contributed by atoms with van der Waals surface area (Å²) in [5.74, 6) is 1.81. The van der Waals surface area contributed by atoms with Crippen LogP contribution in [0.1, 0.15) is 25.5 Å². The summed E-state index contributed by atoms with van der Waals surface area (Å²) in [6.45, 7) is 4.41. The normalized spacial score (nSPS) is 18.7. The highest BCUT2D eigenvalue weighted by molar-refractivity contribution is 7.99.